The first kappa shape index (κ1) is 19.5. The van der Waals surface area contributed by atoms with E-state index in [0.29, 0.717) is 22.8 Å². The zero-order valence-electron chi connectivity index (χ0n) is 14.9. The molecule has 0 unspecified atom stereocenters. The van der Waals surface area contributed by atoms with E-state index in [1.165, 1.54) is 0 Å². The Labute approximate surface area is 163 Å². The van der Waals surface area contributed by atoms with Crippen molar-refractivity contribution in [3.63, 3.8) is 0 Å². The summed E-state index contributed by atoms with van der Waals surface area (Å²) in [5, 5.41) is 0.699. The number of nitrogens with zero attached hydrogens (tertiary/aromatic N) is 1. The molecule has 2 heterocycles. The normalized spacial score (nSPS) is 19.0. The van der Waals surface area contributed by atoms with Crippen LogP contribution in [0.25, 0.3) is 0 Å². The fraction of sp³-hybridized carbons (Fsp3) is 0.421. The first-order valence-electron chi connectivity index (χ1n) is 8.51. The van der Waals surface area contributed by atoms with Crippen molar-refractivity contribution in [2.45, 2.75) is 32.1 Å². The average Bonchev–Trinajstić information content (AvgIpc) is 3.06. The molecule has 7 heteroatoms. The number of aryl methyl sites for hydroxylation is 1. The molecule has 26 heavy (non-hydrogen) atoms. The van der Waals surface area contributed by atoms with E-state index in [1.807, 2.05) is 48.7 Å². The molecule has 0 N–H and O–H groups in total. The summed E-state index contributed by atoms with van der Waals surface area (Å²) in [7, 11) is -2.96. The predicted molar refractivity (Wildman–Crippen MR) is 108 cm³/mol. The van der Waals surface area contributed by atoms with Crippen LogP contribution in [0.5, 0.6) is 0 Å². The summed E-state index contributed by atoms with van der Waals surface area (Å²) in [6, 6.07) is 9.48. The van der Waals surface area contributed by atoms with Gasteiger partial charge >= 0.3 is 0 Å². The molecule has 1 aromatic heterocycles. The second-order valence-corrected chi connectivity index (χ2v) is 10.4. The van der Waals surface area contributed by atoms with Gasteiger partial charge in [0.25, 0.3) is 0 Å². The quantitative estimate of drug-likeness (QED) is 0.667. The highest BCUT2D eigenvalue weighted by Gasteiger charge is 2.31. The Morgan fingerprint density at radius 1 is 1.31 bits per heavy atom. The number of sulfone groups is 1. The van der Waals surface area contributed by atoms with Crippen molar-refractivity contribution < 1.29 is 13.2 Å². The second-order valence-electron chi connectivity index (χ2n) is 6.76. The van der Waals surface area contributed by atoms with Crippen molar-refractivity contribution in [2.75, 3.05) is 17.3 Å². The number of ketones is 1. The maximum Gasteiger partial charge on any atom is 0.174 e. The van der Waals surface area contributed by atoms with Crippen LogP contribution in [-0.2, 0) is 15.6 Å². The number of carbonyl (C=O) groups is 1. The molecule has 0 radical (unpaired) electrons. The molecule has 2 aromatic rings. The molecule has 3 rings (SSSR count). The molecule has 0 amide bonds. The third-order valence-corrected chi connectivity index (χ3v) is 7.74. The third kappa shape index (κ3) is 4.35. The summed E-state index contributed by atoms with van der Waals surface area (Å²) >= 11 is 7.54. The van der Waals surface area contributed by atoms with Crippen LogP contribution in [0.1, 0.15) is 39.8 Å². The number of aromatic nitrogens is 1. The van der Waals surface area contributed by atoms with Gasteiger partial charge in [-0.2, -0.15) is 0 Å². The molecule has 0 bridgehead atoms. The van der Waals surface area contributed by atoms with E-state index in [1.54, 1.807) is 11.8 Å². The highest BCUT2D eigenvalue weighted by atomic mass is 35.5. The van der Waals surface area contributed by atoms with Gasteiger partial charge in [0.05, 0.1) is 17.3 Å². The Kier molecular flexibility index (Phi) is 5.85. The highest BCUT2D eigenvalue weighted by Crippen LogP contribution is 2.29. The zero-order valence-corrected chi connectivity index (χ0v) is 17.3. The standard InChI is InChI=1S/C19H22ClNO3S2/c1-13-8-18(14(2)21(13)17-6-7-26(23,24)12-17)19(22)11-25-10-15-4-3-5-16(20)9-15/h3-5,8-9,17H,6-7,10-12H2,1-2H3/t17-/m0/s1. The Morgan fingerprint density at radius 3 is 2.73 bits per heavy atom. The Balaban J connectivity index is 1.67. The molecule has 1 aromatic carbocycles. The number of carbonyl (C=O) groups excluding carboxylic acids is 1. The van der Waals surface area contributed by atoms with Crippen molar-refractivity contribution in [3.8, 4) is 0 Å². The van der Waals surface area contributed by atoms with Crippen LogP contribution in [0.4, 0.5) is 0 Å². The summed E-state index contributed by atoms with van der Waals surface area (Å²) in [6.07, 6.45) is 0.621. The molecule has 1 saturated heterocycles. The average molecular weight is 412 g/mol. The molecule has 140 valence electrons. The minimum absolute atomic E-state index is 0.0549. The molecule has 0 aliphatic carbocycles. The van der Waals surface area contributed by atoms with Crippen LogP contribution in [0.3, 0.4) is 0 Å². The van der Waals surface area contributed by atoms with Crippen LogP contribution in [0.15, 0.2) is 30.3 Å². The lowest BCUT2D eigenvalue weighted by Gasteiger charge is -2.16. The van der Waals surface area contributed by atoms with E-state index in [4.69, 9.17) is 11.6 Å². The molecule has 1 aliphatic heterocycles. The second kappa shape index (κ2) is 7.79. The number of benzene rings is 1. The monoisotopic (exact) mass is 411 g/mol. The van der Waals surface area contributed by atoms with E-state index in [2.05, 4.69) is 0 Å². The Bertz CT molecular complexity index is 934. The van der Waals surface area contributed by atoms with E-state index in [-0.39, 0.29) is 23.3 Å². The SMILES string of the molecule is Cc1cc(C(=O)CSCc2cccc(Cl)c2)c(C)n1[C@H]1CCS(=O)(=O)C1. The number of hydrogen-bond donors (Lipinski definition) is 0. The van der Waals surface area contributed by atoms with E-state index < -0.39 is 9.84 Å². The molecule has 1 aliphatic rings. The van der Waals surface area contributed by atoms with Gasteiger partial charge in [-0.15, -0.1) is 11.8 Å². The van der Waals surface area contributed by atoms with Gasteiger partial charge in [0.2, 0.25) is 0 Å². The van der Waals surface area contributed by atoms with Crippen LogP contribution >= 0.6 is 23.4 Å². The summed E-state index contributed by atoms with van der Waals surface area (Å²) in [5.41, 5.74) is 3.62. The van der Waals surface area contributed by atoms with Crippen LogP contribution in [0.2, 0.25) is 5.02 Å². The third-order valence-electron chi connectivity index (χ3n) is 4.75. The molecular formula is C19H22ClNO3S2. The van der Waals surface area contributed by atoms with E-state index >= 15 is 0 Å². The number of hydrogen-bond acceptors (Lipinski definition) is 4. The van der Waals surface area contributed by atoms with E-state index in [0.717, 1.165) is 22.7 Å². The maximum atomic E-state index is 12.7. The van der Waals surface area contributed by atoms with E-state index in [9.17, 15) is 13.2 Å². The summed E-state index contributed by atoms with van der Waals surface area (Å²) in [6.45, 7) is 3.85. The predicted octanol–water partition coefficient (Wildman–Crippen LogP) is 4.23. The van der Waals surface area contributed by atoms with Crippen molar-refractivity contribution in [1.82, 2.24) is 4.57 Å². The summed E-state index contributed by atoms with van der Waals surface area (Å²) in [4.78, 5) is 12.7. The molecular weight excluding hydrogens is 390 g/mol. The van der Waals surface area contributed by atoms with Crippen LogP contribution < -0.4 is 0 Å². The van der Waals surface area contributed by atoms with Gasteiger partial charge in [-0.1, -0.05) is 23.7 Å². The lowest BCUT2D eigenvalue weighted by Crippen LogP contribution is -2.14. The number of halogens is 1. The van der Waals surface area contributed by atoms with Crippen LogP contribution in [-0.4, -0.2) is 36.0 Å². The fourth-order valence-corrected chi connectivity index (χ4v) is 6.34. The molecule has 1 atom stereocenters. The largest absolute Gasteiger partial charge is 0.344 e. The van der Waals surface area contributed by atoms with Crippen LogP contribution in [0, 0.1) is 13.8 Å². The van der Waals surface area contributed by atoms with Crippen molar-refractivity contribution >= 4 is 39.0 Å². The molecule has 0 spiro atoms. The van der Waals surface area contributed by atoms with Gasteiger partial charge in [0.15, 0.2) is 15.6 Å². The van der Waals surface area contributed by atoms with Gasteiger partial charge in [0.1, 0.15) is 0 Å². The summed E-state index contributed by atoms with van der Waals surface area (Å²) in [5.74, 6) is 1.59. The van der Waals surface area contributed by atoms with Crippen molar-refractivity contribution in [1.29, 1.82) is 0 Å². The Morgan fingerprint density at radius 2 is 2.08 bits per heavy atom. The first-order valence-corrected chi connectivity index (χ1v) is 11.9. The van der Waals surface area contributed by atoms with Gasteiger partial charge < -0.3 is 4.57 Å². The highest BCUT2D eigenvalue weighted by molar-refractivity contribution is 7.99. The van der Waals surface area contributed by atoms with Crippen molar-refractivity contribution in [2.24, 2.45) is 0 Å². The lowest BCUT2D eigenvalue weighted by molar-refractivity contribution is 0.102. The topological polar surface area (TPSA) is 56.1 Å². The lowest BCUT2D eigenvalue weighted by atomic mass is 10.2. The van der Waals surface area contributed by atoms with Gasteiger partial charge in [-0.05, 0) is 44.0 Å². The number of Topliss-reactive ketones (excluding diaryl/α,β-unsaturated/α-hetero) is 1. The molecule has 1 fully saturated rings. The first-order chi connectivity index (χ1) is 12.3. The fourth-order valence-electron chi connectivity index (χ4n) is 3.57. The minimum Gasteiger partial charge on any atom is -0.344 e. The van der Waals surface area contributed by atoms with Gasteiger partial charge in [-0.3, -0.25) is 4.79 Å². The maximum absolute atomic E-state index is 12.7. The number of rotatable bonds is 6. The van der Waals surface area contributed by atoms with Gasteiger partial charge in [-0.25, -0.2) is 8.42 Å². The van der Waals surface area contributed by atoms with Crippen molar-refractivity contribution in [3.05, 3.63) is 57.9 Å². The van der Waals surface area contributed by atoms with Gasteiger partial charge in [0, 0.05) is 33.8 Å². The smallest absolute Gasteiger partial charge is 0.174 e. The Hall–Kier alpha value is -1.24. The minimum atomic E-state index is -2.96. The summed E-state index contributed by atoms with van der Waals surface area (Å²) < 4.78 is 25.6. The zero-order chi connectivity index (χ0) is 18.9. The number of thioether (sulfide) groups is 1. The molecule has 0 saturated carbocycles. The molecule has 4 nitrogen and oxygen atoms in total.